The number of aromatic nitrogens is 2. The Labute approximate surface area is 184 Å². The van der Waals surface area contributed by atoms with Crippen LogP contribution in [-0.2, 0) is 11.2 Å². The number of benzene rings is 1. The Kier molecular flexibility index (Phi) is 6.87. The number of furan rings is 1. The van der Waals surface area contributed by atoms with Crippen molar-refractivity contribution in [1.82, 2.24) is 14.7 Å². The van der Waals surface area contributed by atoms with Crippen LogP contribution in [0.25, 0.3) is 0 Å². The second-order valence-corrected chi connectivity index (χ2v) is 8.58. The van der Waals surface area contributed by atoms with Crippen molar-refractivity contribution in [3.05, 3.63) is 71.8 Å². The van der Waals surface area contributed by atoms with Crippen LogP contribution in [0.4, 0.5) is 5.82 Å². The fourth-order valence-corrected chi connectivity index (χ4v) is 4.30. The lowest BCUT2D eigenvalue weighted by atomic mass is 10.0. The van der Waals surface area contributed by atoms with Crippen LogP contribution < -0.4 is 5.32 Å². The predicted octanol–water partition coefficient (Wildman–Crippen LogP) is 4.80. The molecule has 0 saturated carbocycles. The molecule has 0 bridgehead atoms. The van der Waals surface area contributed by atoms with Gasteiger partial charge in [0.05, 0.1) is 18.7 Å². The highest BCUT2D eigenvalue weighted by molar-refractivity contribution is 5.91. The maximum Gasteiger partial charge on any atom is 0.229 e. The van der Waals surface area contributed by atoms with E-state index in [-0.39, 0.29) is 5.91 Å². The number of likely N-dealkylation sites (tertiary alicyclic amines) is 1. The van der Waals surface area contributed by atoms with Gasteiger partial charge < -0.3 is 14.6 Å². The Morgan fingerprint density at radius 3 is 2.65 bits per heavy atom. The Morgan fingerprint density at radius 1 is 1.16 bits per heavy atom. The molecule has 1 fully saturated rings. The van der Waals surface area contributed by atoms with Gasteiger partial charge in [-0.2, -0.15) is 5.10 Å². The molecular formula is C25H32N4O2. The normalized spacial score (nSPS) is 16.3. The molecule has 6 nitrogen and oxygen atoms in total. The van der Waals surface area contributed by atoms with E-state index in [1.165, 1.54) is 0 Å². The molecule has 1 atom stereocenters. The van der Waals surface area contributed by atoms with Crippen molar-refractivity contribution in [3.8, 4) is 0 Å². The number of anilines is 1. The minimum atomic E-state index is -0.00691. The third-order valence-corrected chi connectivity index (χ3v) is 6.17. The molecule has 6 heteroatoms. The Morgan fingerprint density at radius 2 is 1.94 bits per heavy atom. The zero-order valence-electron chi connectivity index (χ0n) is 18.5. The maximum absolute atomic E-state index is 12.5. The molecule has 3 aromatic rings. The Bertz CT molecular complexity index is 970. The summed E-state index contributed by atoms with van der Waals surface area (Å²) in [6, 6.07) is 16.2. The molecule has 1 aromatic carbocycles. The van der Waals surface area contributed by atoms with E-state index in [2.05, 4.69) is 28.3 Å². The van der Waals surface area contributed by atoms with Crippen LogP contribution in [0, 0.1) is 6.92 Å². The average molecular weight is 421 g/mol. The minimum Gasteiger partial charge on any atom is -0.466 e. The van der Waals surface area contributed by atoms with Crippen molar-refractivity contribution in [2.45, 2.75) is 51.5 Å². The number of nitrogens with one attached hydrogen (secondary N) is 1. The first kappa shape index (κ1) is 21.4. The molecule has 3 heterocycles. The number of aryl methyl sites for hydroxylation is 1. The van der Waals surface area contributed by atoms with E-state index >= 15 is 0 Å². The first-order valence-electron chi connectivity index (χ1n) is 11.2. The highest BCUT2D eigenvalue weighted by atomic mass is 16.3. The van der Waals surface area contributed by atoms with E-state index in [9.17, 15) is 4.79 Å². The summed E-state index contributed by atoms with van der Waals surface area (Å²) in [4.78, 5) is 15.0. The highest BCUT2D eigenvalue weighted by Gasteiger charge is 2.23. The van der Waals surface area contributed by atoms with E-state index in [1.54, 1.807) is 6.20 Å². The molecule has 0 aliphatic carbocycles. The number of amides is 1. The number of piperidine rings is 1. The average Bonchev–Trinajstić information content (AvgIpc) is 3.42. The molecule has 1 unspecified atom stereocenters. The molecule has 1 amide bonds. The molecule has 1 N–H and O–H groups in total. The van der Waals surface area contributed by atoms with E-state index in [1.807, 2.05) is 54.1 Å². The van der Waals surface area contributed by atoms with E-state index < -0.39 is 0 Å². The van der Waals surface area contributed by atoms with Gasteiger partial charge in [0.25, 0.3) is 0 Å². The lowest BCUT2D eigenvalue weighted by Gasteiger charge is -2.33. The third-order valence-electron chi connectivity index (χ3n) is 6.17. The summed E-state index contributed by atoms with van der Waals surface area (Å²) in [5.74, 6) is 3.28. The van der Waals surface area contributed by atoms with E-state index in [0.29, 0.717) is 18.4 Å². The SMILES string of the molecule is Cc1ccc(C(C)CCN2CCC(n3nccc3NC(=O)Cc3ccccc3)CC2)o1. The summed E-state index contributed by atoms with van der Waals surface area (Å²) in [5, 5.41) is 7.56. The smallest absolute Gasteiger partial charge is 0.229 e. The first-order chi connectivity index (χ1) is 15.1. The monoisotopic (exact) mass is 420 g/mol. The summed E-state index contributed by atoms with van der Waals surface area (Å²) < 4.78 is 7.76. The molecule has 4 rings (SSSR count). The van der Waals surface area contributed by atoms with Gasteiger partial charge in [0.2, 0.25) is 5.91 Å². The third kappa shape index (κ3) is 5.64. The molecule has 1 saturated heterocycles. The van der Waals surface area contributed by atoms with Crippen LogP contribution in [0.1, 0.15) is 55.2 Å². The van der Waals surface area contributed by atoms with Crippen molar-refractivity contribution in [1.29, 1.82) is 0 Å². The molecule has 1 aliphatic rings. The number of hydrogen-bond acceptors (Lipinski definition) is 4. The molecule has 0 radical (unpaired) electrons. The van der Waals surface area contributed by atoms with Crippen LogP contribution in [0.5, 0.6) is 0 Å². The predicted molar refractivity (Wildman–Crippen MR) is 122 cm³/mol. The van der Waals surface area contributed by atoms with Gasteiger partial charge in [0.1, 0.15) is 17.3 Å². The van der Waals surface area contributed by atoms with Gasteiger partial charge >= 0.3 is 0 Å². The molecule has 0 spiro atoms. The zero-order valence-corrected chi connectivity index (χ0v) is 18.5. The fraction of sp³-hybridized carbons (Fsp3) is 0.440. The number of nitrogens with zero attached hydrogens (tertiary/aromatic N) is 3. The molecule has 1 aliphatic heterocycles. The standard InChI is InChI=1S/C25H32N4O2/c1-19(23-9-8-20(2)31-23)11-15-28-16-12-22(13-17-28)29-24(10-14-26-29)27-25(30)18-21-6-4-3-5-7-21/h3-10,14,19,22H,11-13,15-18H2,1-2H3,(H,27,30). The van der Waals surface area contributed by atoms with Crippen molar-refractivity contribution in [3.63, 3.8) is 0 Å². The van der Waals surface area contributed by atoms with Crippen LogP contribution >= 0.6 is 0 Å². The van der Waals surface area contributed by atoms with Crippen molar-refractivity contribution >= 4 is 11.7 Å². The quantitative estimate of drug-likeness (QED) is 0.569. The van der Waals surface area contributed by atoms with Gasteiger partial charge in [-0.15, -0.1) is 0 Å². The molecular weight excluding hydrogens is 388 g/mol. The first-order valence-corrected chi connectivity index (χ1v) is 11.2. The van der Waals surface area contributed by atoms with Crippen LogP contribution in [-0.4, -0.2) is 40.2 Å². The number of carbonyl (C=O) groups excluding carboxylic acids is 1. The van der Waals surface area contributed by atoms with Gasteiger partial charge in [0, 0.05) is 25.1 Å². The van der Waals surface area contributed by atoms with Crippen LogP contribution in [0.2, 0.25) is 0 Å². The second-order valence-electron chi connectivity index (χ2n) is 8.58. The molecule has 31 heavy (non-hydrogen) atoms. The van der Waals surface area contributed by atoms with E-state index in [4.69, 9.17) is 4.42 Å². The van der Waals surface area contributed by atoms with Gasteiger partial charge in [-0.1, -0.05) is 37.3 Å². The van der Waals surface area contributed by atoms with Crippen molar-refractivity contribution < 1.29 is 9.21 Å². The highest BCUT2D eigenvalue weighted by Crippen LogP contribution is 2.27. The van der Waals surface area contributed by atoms with Gasteiger partial charge in [-0.05, 0) is 50.4 Å². The summed E-state index contributed by atoms with van der Waals surface area (Å²) in [6.07, 6.45) is 5.32. The van der Waals surface area contributed by atoms with Crippen molar-refractivity contribution in [2.75, 3.05) is 25.0 Å². The largest absolute Gasteiger partial charge is 0.466 e. The maximum atomic E-state index is 12.5. The van der Waals surface area contributed by atoms with Gasteiger partial charge in [-0.3, -0.25) is 4.79 Å². The van der Waals surface area contributed by atoms with Crippen LogP contribution in [0.3, 0.4) is 0 Å². The summed E-state index contributed by atoms with van der Waals surface area (Å²) in [5.41, 5.74) is 1.01. The summed E-state index contributed by atoms with van der Waals surface area (Å²) in [6.45, 7) is 7.40. The molecule has 164 valence electrons. The zero-order chi connectivity index (χ0) is 21.6. The summed E-state index contributed by atoms with van der Waals surface area (Å²) >= 11 is 0. The van der Waals surface area contributed by atoms with Gasteiger partial charge in [-0.25, -0.2) is 4.68 Å². The fourth-order valence-electron chi connectivity index (χ4n) is 4.30. The van der Waals surface area contributed by atoms with E-state index in [0.717, 1.165) is 61.8 Å². The number of carbonyl (C=O) groups is 1. The lowest BCUT2D eigenvalue weighted by Crippen LogP contribution is -2.36. The number of hydrogen-bond donors (Lipinski definition) is 1. The lowest BCUT2D eigenvalue weighted by molar-refractivity contribution is -0.115. The van der Waals surface area contributed by atoms with Crippen LogP contribution in [0.15, 0.2) is 59.1 Å². The second kappa shape index (κ2) is 9.96. The topological polar surface area (TPSA) is 63.3 Å². The van der Waals surface area contributed by atoms with Gasteiger partial charge in [0.15, 0.2) is 0 Å². The summed E-state index contributed by atoms with van der Waals surface area (Å²) in [7, 11) is 0. The Balaban J connectivity index is 1.25. The molecule has 2 aromatic heterocycles. The Hall–Kier alpha value is -2.86. The van der Waals surface area contributed by atoms with Crippen molar-refractivity contribution in [2.24, 2.45) is 0 Å². The minimum absolute atomic E-state index is 0.00691. The number of rotatable bonds is 8.